The van der Waals surface area contributed by atoms with Crippen LogP contribution in [0.3, 0.4) is 0 Å². The highest BCUT2D eigenvalue weighted by atomic mass is 35.5. The molecule has 0 fully saturated rings. The average molecular weight is 219 g/mol. The highest BCUT2D eigenvalue weighted by Crippen LogP contribution is 2.19. The Bertz CT molecular complexity index is 317. The largest absolute Gasteiger partial charge is 0.508 e. The monoisotopic (exact) mass is 218 g/mol. The summed E-state index contributed by atoms with van der Waals surface area (Å²) in [6, 6.07) is 4.46. The summed E-state index contributed by atoms with van der Waals surface area (Å²) in [4.78, 5) is 9.24. The van der Waals surface area contributed by atoms with Gasteiger partial charge in [0.15, 0.2) is 0 Å². The number of hydrogen-bond donors (Lipinski definition) is 4. The molecule has 0 atom stereocenters. The number of phenolic OH excluding ortho intramolecular Hbond substituents is 1. The second-order valence-electron chi connectivity index (χ2n) is 2.34. The minimum absolute atomic E-state index is 0.140. The maximum atomic E-state index is 9.24. The van der Waals surface area contributed by atoms with Crippen molar-refractivity contribution in [2.75, 3.05) is 17.3 Å². The van der Waals surface area contributed by atoms with Gasteiger partial charge < -0.3 is 21.7 Å². The van der Waals surface area contributed by atoms with E-state index >= 15 is 0 Å². The molecule has 0 amide bonds. The zero-order valence-electron chi connectivity index (χ0n) is 7.27. The Hall–Kier alpha value is -1.62. The molecule has 0 bridgehead atoms. The Kier molecular flexibility index (Phi) is 5.24. The van der Waals surface area contributed by atoms with E-state index in [-0.39, 0.29) is 11.6 Å². The Balaban J connectivity index is 0.000000292. The van der Waals surface area contributed by atoms with Crippen LogP contribution < -0.4 is 11.5 Å². The predicted octanol–water partition coefficient (Wildman–Crippen LogP) is 0.866. The molecule has 0 saturated heterocycles. The molecule has 0 saturated carbocycles. The summed E-state index contributed by atoms with van der Waals surface area (Å²) in [6.07, 6.45) is 0. The number of nitrogen functional groups attached to an aromatic ring is 2. The van der Waals surface area contributed by atoms with Gasteiger partial charge in [0.05, 0.1) is 11.4 Å². The molecular weight excluding hydrogens is 208 g/mol. The first-order chi connectivity index (χ1) is 6.47. The van der Waals surface area contributed by atoms with Crippen LogP contribution in [0.15, 0.2) is 18.2 Å². The number of phenols is 1. The van der Waals surface area contributed by atoms with Crippen LogP contribution in [0.5, 0.6) is 5.75 Å². The first kappa shape index (κ1) is 12.4. The second-order valence-corrected chi connectivity index (χ2v) is 2.61. The fraction of sp³-hybridized carbons (Fsp3) is 0.125. The van der Waals surface area contributed by atoms with Crippen molar-refractivity contribution >= 4 is 28.9 Å². The van der Waals surface area contributed by atoms with Crippen molar-refractivity contribution in [2.24, 2.45) is 0 Å². The van der Waals surface area contributed by atoms with Gasteiger partial charge in [-0.3, -0.25) is 4.79 Å². The van der Waals surface area contributed by atoms with Gasteiger partial charge >= 0.3 is 5.97 Å². The lowest BCUT2D eigenvalue weighted by atomic mass is 10.3. The van der Waals surface area contributed by atoms with Crippen molar-refractivity contribution in [3.8, 4) is 5.75 Å². The number of benzene rings is 1. The van der Waals surface area contributed by atoms with E-state index < -0.39 is 5.97 Å². The van der Waals surface area contributed by atoms with Gasteiger partial charge in [-0.25, -0.2) is 0 Å². The Labute approximate surface area is 85.9 Å². The summed E-state index contributed by atoms with van der Waals surface area (Å²) in [6.45, 7) is 0. The van der Waals surface area contributed by atoms with Crippen LogP contribution in [0.25, 0.3) is 0 Å². The van der Waals surface area contributed by atoms with E-state index in [0.717, 1.165) is 0 Å². The molecule has 0 spiro atoms. The van der Waals surface area contributed by atoms with E-state index in [1.165, 1.54) is 12.1 Å². The Morgan fingerprint density at radius 2 is 1.86 bits per heavy atom. The highest BCUT2D eigenvalue weighted by Gasteiger charge is 1.92. The maximum absolute atomic E-state index is 9.24. The van der Waals surface area contributed by atoms with Crippen molar-refractivity contribution in [1.82, 2.24) is 0 Å². The van der Waals surface area contributed by atoms with Crippen molar-refractivity contribution in [3.63, 3.8) is 0 Å². The number of carboxylic acids is 1. The van der Waals surface area contributed by atoms with Gasteiger partial charge in [-0.1, -0.05) is 0 Å². The molecule has 0 radical (unpaired) electrons. The summed E-state index contributed by atoms with van der Waals surface area (Å²) in [5.74, 6) is -1.15. The summed E-state index contributed by atoms with van der Waals surface area (Å²) < 4.78 is 0. The van der Waals surface area contributed by atoms with Crippen LogP contribution in [0.2, 0.25) is 0 Å². The number of rotatable bonds is 1. The second kappa shape index (κ2) is 5.93. The lowest BCUT2D eigenvalue weighted by Crippen LogP contribution is -1.92. The number of carbonyl (C=O) groups is 1. The SMILES string of the molecule is Nc1ccc(O)cc1N.O=C(O)CCl. The normalized spacial score (nSPS) is 8.64. The number of aliphatic carboxylic acids is 1. The van der Waals surface area contributed by atoms with Crippen LogP contribution in [0.4, 0.5) is 11.4 Å². The molecule has 5 nitrogen and oxygen atoms in total. The first-order valence-corrected chi connectivity index (χ1v) is 4.12. The van der Waals surface area contributed by atoms with E-state index in [0.29, 0.717) is 11.4 Å². The summed E-state index contributed by atoms with van der Waals surface area (Å²) in [5.41, 5.74) is 11.6. The molecule has 1 aromatic rings. The van der Waals surface area contributed by atoms with Crippen LogP contribution in [0, 0.1) is 0 Å². The van der Waals surface area contributed by atoms with E-state index in [9.17, 15) is 4.79 Å². The topological polar surface area (TPSA) is 110 Å². The number of nitrogens with two attached hydrogens (primary N) is 2. The summed E-state index contributed by atoms with van der Waals surface area (Å²) in [5, 5.41) is 16.4. The van der Waals surface area contributed by atoms with Gasteiger partial charge in [0.1, 0.15) is 11.6 Å². The van der Waals surface area contributed by atoms with Crippen LogP contribution in [0.1, 0.15) is 0 Å². The third kappa shape index (κ3) is 5.10. The van der Waals surface area contributed by atoms with E-state index in [4.69, 9.17) is 33.3 Å². The van der Waals surface area contributed by atoms with Gasteiger partial charge in [0.2, 0.25) is 0 Å². The molecule has 0 heterocycles. The van der Waals surface area contributed by atoms with Crippen molar-refractivity contribution in [2.45, 2.75) is 0 Å². The van der Waals surface area contributed by atoms with Gasteiger partial charge in [-0.05, 0) is 12.1 Å². The minimum Gasteiger partial charge on any atom is -0.508 e. The lowest BCUT2D eigenvalue weighted by Gasteiger charge is -1.97. The van der Waals surface area contributed by atoms with Crippen molar-refractivity contribution in [1.29, 1.82) is 0 Å². The molecule has 0 aliphatic carbocycles. The van der Waals surface area contributed by atoms with Crippen LogP contribution >= 0.6 is 11.6 Å². The molecule has 0 unspecified atom stereocenters. The molecule has 0 aliphatic heterocycles. The smallest absolute Gasteiger partial charge is 0.318 e. The number of alkyl halides is 1. The summed E-state index contributed by atoms with van der Waals surface area (Å²) in [7, 11) is 0. The Morgan fingerprint density at radius 1 is 1.36 bits per heavy atom. The molecular formula is C8H11ClN2O3. The van der Waals surface area contributed by atoms with E-state index in [1.54, 1.807) is 6.07 Å². The predicted molar refractivity (Wildman–Crippen MR) is 55.3 cm³/mol. The molecule has 6 heteroatoms. The van der Waals surface area contributed by atoms with Crippen LogP contribution in [-0.4, -0.2) is 22.1 Å². The van der Waals surface area contributed by atoms with Gasteiger partial charge in [0.25, 0.3) is 0 Å². The molecule has 1 rings (SSSR count). The number of aromatic hydroxyl groups is 1. The highest BCUT2D eigenvalue weighted by molar-refractivity contribution is 6.26. The van der Waals surface area contributed by atoms with E-state index in [2.05, 4.69) is 0 Å². The maximum Gasteiger partial charge on any atom is 0.318 e. The molecule has 1 aromatic carbocycles. The molecule has 78 valence electrons. The molecule has 0 aliphatic rings. The number of halogens is 1. The third-order valence-corrected chi connectivity index (χ3v) is 1.41. The van der Waals surface area contributed by atoms with Gasteiger partial charge in [0, 0.05) is 6.07 Å². The van der Waals surface area contributed by atoms with Crippen molar-refractivity contribution in [3.05, 3.63) is 18.2 Å². The fourth-order valence-electron chi connectivity index (χ4n) is 0.562. The third-order valence-electron chi connectivity index (χ3n) is 1.18. The Morgan fingerprint density at radius 3 is 2.14 bits per heavy atom. The number of anilines is 2. The number of hydrogen-bond acceptors (Lipinski definition) is 4. The number of carboxylic acid groups (broad SMARTS) is 1. The quantitative estimate of drug-likeness (QED) is 0.318. The van der Waals surface area contributed by atoms with Crippen LogP contribution in [-0.2, 0) is 4.79 Å². The molecule has 6 N–H and O–H groups in total. The van der Waals surface area contributed by atoms with Gasteiger partial charge in [-0.2, -0.15) is 0 Å². The summed E-state index contributed by atoms with van der Waals surface area (Å²) >= 11 is 4.74. The first-order valence-electron chi connectivity index (χ1n) is 3.59. The average Bonchev–Trinajstić information content (AvgIpc) is 2.13. The standard InChI is InChI=1S/C6H8N2O.C2H3ClO2/c7-5-2-1-4(9)3-6(5)8;3-1-2(4)5/h1-3,9H,7-8H2;1H2,(H,4,5). The van der Waals surface area contributed by atoms with E-state index in [1.807, 2.05) is 0 Å². The van der Waals surface area contributed by atoms with Gasteiger partial charge in [-0.15, -0.1) is 11.6 Å². The molecule has 0 aromatic heterocycles. The van der Waals surface area contributed by atoms with Crippen molar-refractivity contribution < 1.29 is 15.0 Å². The molecule has 14 heavy (non-hydrogen) atoms. The zero-order chi connectivity index (χ0) is 11.1. The minimum atomic E-state index is -0.980. The fourth-order valence-corrected chi connectivity index (χ4v) is 0.562. The lowest BCUT2D eigenvalue weighted by molar-refractivity contribution is -0.134. The zero-order valence-corrected chi connectivity index (χ0v) is 8.03.